The Hall–Kier alpha value is -1.97. The van der Waals surface area contributed by atoms with Crippen molar-refractivity contribution in [1.29, 1.82) is 0 Å². The Kier molecular flexibility index (Phi) is 18.8. The van der Waals surface area contributed by atoms with Crippen LogP contribution in [0.4, 0.5) is 0 Å². The molecule has 4 nitrogen and oxygen atoms in total. The number of rotatable bonds is 0. The van der Waals surface area contributed by atoms with Gasteiger partial charge in [0.25, 0.3) is 0 Å². The Morgan fingerprint density at radius 3 is 1.00 bits per heavy atom. The highest BCUT2D eigenvalue weighted by Crippen LogP contribution is 2.02. The topological polar surface area (TPSA) is 71.4 Å². The van der Waals surface area contributed by atoms with Crippen molar-refractivity contribution in [3.63, 3.8) is 0 Å². The fraction of sp³-hybridized carbons (Fsp3) is 0.400. The first-order valence-electron chi connectivity index (χ1n) is 5.75. The summed E-state index contributed by atoms with van der Waals surface area (Å²) < 4.78 is 0. The Morgan fingerprint density at radius 1 is 0.684 bits per heavy atom. The lowest BCUT2D eigenvalue weighted by Crippen LogP contribution is -1.69. The van der Waals surface area contributed by atoms with E-state index in [0.717, 1.165) is 0 Å². The fourth-order valence-corrected chi connectivity index (χ4v) is 0.428. The Balaban J connectivity index is -0.000000189. The van der Waals surface area contributed by atoms with E-state index in [-0.39, 0.29) is 17.3 Å². The average Bonchev–Trinajstić information content (AvgIpc) is 2.15. The standard InChI is InChI=1S/C6H6O.3C3H6O/c7-6-4-2-1-3-5-6;3*1-3(2)4/h1-5,7H;3*1-2H3. The van der Waals surface area contributed by atoms with Crippen molar-refractivity contribution in [3.05, 3.63) is 30.3 Å². The van der Waals surface area contributed by atoms with Crippen LogP contribution in [0.1, 0.15) is 41.5 Å². The average molecular weight is 268 g/mol. The van der Waals surface area contributed by atoms with E-state index in [4.69, 9.17) is 5.11 Å². The van der Waals surface area contributed by atoms with E-state index < -0.39 is 0 Å². The van der Waals surface area contributed by atoms with Gasteiger partial charge in [-0.2, -0.15) is 0 Å². The molecule has 0 saturated carbocycles. The van der Waals surface area contributed by atoms with Crippen LogP contribution in [-0.2, 0) is 14.4 Å². The zero-order valence-corrected chi connectivity index (χ0v) is 12.6. The molecule has 0 aliphatic rings. The number of hydrogen-bond donors (Lipinski definition) is 1. The largest absolute Gasteiger partial charge is 0.508 e. The molecule has 0 aromatic heterocycles. The van der Waals surface area contributed by atoms with E-state index in [1.165, 1.54) is 41.5 Å². The number of para-hydroxylation sites is 1. The van der Waals surface area contributed by atoms with E-state index in [0.29, 0.717) is 5.75 Å². The summed E-state index contributed by atoms with van der Waals surface area (Å²) in [5.41, 5.74) is 0. The SMILES string of the molecule is CC(C)=O.CC(C)=O.CC(C)=O.Oc1ccccc1. The second-order valence-electron chi connectivity index (χ2n) is 4.06. The van der Waals surface area contributed by atoms with Crippen LogP contribution in [0.15, 0.2) is 30.3 Å². The fourth-order valence-electron chi connectivity index (χ4n) is 0.428. The van der Waals surface area contributed by atoms with Gasteiger partial charge in [-0.25, -0.2) is 0 Å². The van der Waals surface area contributed by atoms with Gasteiger partial charge >= 0.3 is 0 Å². The van der Waals surface area contributed by atoms with Gasteiger partial charge in [0.1, 0.15) is 23.1 Å². The number of ketones is 3. The van der Waals surface area contributed by atoms with Crippen LogP contribution in [-0.4, -0.2) is 22.5 Å². The van der Waals surface area contributed by atoms with Crippen LogP contribution in [0.3, 0.4) is 0 Å². The second-order valence-corrected chi connectivity index (χ2v) is 4.06. The molecule has 0 saturated heterocycles. The van der Waals surface area contributed by atoms with Gasteiger partial charge in [-0.1, -0.05) is 18.2 Å². The van der Waals surface area contributed by atoms with Crippen molar-refractivity contribution in [1.82, 2.24) is 0 Å². The summed E-state index contributed by atoms with van der Waals surface area (Å²) in [6, 6.07) is 8.71. The molecule has 19 heavy (non-hydrogen) atoms. The molecule has 1 N–H and O–H groups in total. The molecule has 1 aromatic rings. The maximum absolute atomic E-state index is 9.44. The number of phenolic OH excluding ortho intramolecular Hbond substituents is 1. The van der Waals surface area contributed by atoms with Crippen LogP contribution in [0, 0.1) is 0 Å². The number of carbonyl (C=O) groups is 3. The van der Waals surface area contributed by atoms with E-state index in [2.05, 4.69) is 0 Å². The molecule has 0 aliphatic heterocycles. The van der Waals surface area contributed by atoms with Crippen molar-refractivity contribution < 1.29 is 19.5 Å². The van der Waals surface area contributed by atoms with Crippen LogP contribution < -0.4 is 0 Å². The quantitative estimate of drug-likeness (QED) is 0.784. The summed E-state index contributed by atoms with van der Waals surface area (Å²) in [7, 11) is 0. The van der Waals surface area contributed by atoms with Gasteiger partial charge in [0.15, 0.2) is 0 Å². The smallest absolute Gasteiger partial charge is 0.126 e. The Bertz CT molecular complexity index is 315. The van der Waals surface area contributed by atoms with Gasteiger partial charge in [-0.3, -0.25) is 0 Å². The molecule has 0 aliphatic carbocycles. The maximum Gasteiger partial charge on any atom is 0.126 e. The number of Topliss-reactive ketones (excluding diaryl/α,β-unsaturated/α-hetero) is 3. The second kappa shape index (κ2) is 16.0. The molecule has 0 fully saturated rings. The third-order valence-electron chi connectivity index (χ3n) is 0.756. The van der Waals surface area contributed by atoms with E-state index in [9.17, 15) is 14.4 Å². The van der Waals surface area contributed by atoms with E-state index >= 15 is 0 Å². The first-order valence-corrected chi connectivity index (χ1v) is 5.75. The van der Waals surface area contributed by atoms with Crippen molar-refractivity contribution in [2.24, 2.45) is 0 Å². The predicted molar refractivity (Wildman–Crippen MR) is 77.2 cm³/mol. The lowest BCUT2D eigenvalue weighted by molar-refractivity contribution is -0.115. The van der Waals surface area contributed by atoms with Gasteiger partial charge < -0.3 is 19.5 Å². The molecule has 0 radical (unpaired) electrons. The predicted octanol–water partition coefficient (Wildman–Crippen LogP) is 3.18. The van der Waals surface area contributed by atoms with Crippen molar-refractivity contribution in [2.75, 3.05) is 0 Å². The summed E-state index contributed by atoms with van der Waals surface area (Å²) in [5, 5.41) is 8.63. The lowest BCUT2D eigenvalue weighted by atomic mass is 10.3. The van der Waals surface area contributed by atoms with Crippen LogP contribution in [0.25, 0.3) is 0 Å². The van der Waals surface area contributed by atoms with Crippen molar-refractivity contribution in [3.8, 4) is 5.75 Å². The molecule has 0 atom stereocenters. The van der Waals surface area contributed by atoms with Crippen LogP contribution in [0.2, 0.25) is 0 Å². The number of aromatic hydroxyl groups is 1. The minimum atomic E-state index is 0.167. The minimum absolute atomic E-state index is 0.167. The Labute approximate surface area is 115 Å². The highest BCUT2D eigenvalue weighted by molar-refractivity contribution is 5.72. The first-order chi connectivity index (χ1) is 8.59. The minimum Gasteiger partial charge on any atom is -0.508 e. The van der Waals surface area contributed by atoms with Crippen LogP contribution >= 0.6 is 0 Å². The summed E-state index contributed by atoms with van der Waals surface area (Å²) >= 11 is 0. The van der Waals surface area contributed by atoms with Crippen molar-refractivity contribution in [2.45, 2.75) is 41.5 Å². The highest BCUT2D eigenvalue weighted by Gasteiger charge is 1.74. The Morgan fingerprint density at radius 2 is 0.895 bits per heavy atom. The molecule has 0 bridgehead atoms. The van der Waals surface area contributed by atoms with Gasteiger partial charge in [0, 0.05) is 0 Å². The molecule has 0 unspecified atom stereocenters. The van der Waals surface area contributed by atoms with Gasteiger partial charge in [0.2, 0.25) is 0 Å². The molecule has 0 heterocycles. The van der Waals surface area contributed by atoms with Gasteiger partial charge in [-0.15, -0.1) is 0 Å². The number of benzene rings is 1. The summed E-state index contributed by atoms with van der Waals surface area (Å²) in [6.45, 7) is 9.17. The summed E-state index contributed by atoms with van der Waals surface area (Å²) in [6.07, 6.45) is 0. The van der Waals surface area contributed by atoms with E-state index in [1.807, 2.05) is 6.07 Å². The molecular formula is C15H24O4. The zero-order valence-electron chi connectivity index (χ0n) is 12.6. The molecule has 0 amide bonds. The van der Waals surface area contributed by atoms with Gasteiger partial charge in [0.05, 0.1) is 0 Å². The summed E-state index contributed by atoms with van der Waals surface area (Å²) in [4.78, 5) is 28.3. The normalized spacial score (nSPS) is 7.26. The summed E-state index contributed by atoms with van der Waals surface area (Å²) in [5.74, 6) is 0.822. The van der Waals surface area contributed by atoms with Crippen LogP contribution in [0.5, 0.6) is 5.75 Å². The first kappa shape index (κ1) is 22.2. The molecular weight excluding hydrogens is 244 g/mol. The van der Waals surface area contributed by atoms with Crippen molar-refractivity contribution >= 4 is 17.3 Å². The molecule has 1 rings (SSSR count). The third kappa shape index (κ3) is 86.8. The molecule has 1 aromatic carbocycles. The molecule has 4 heteroatoms. The van der Waals surface area contributed by atoms with Gasteiger partial charge in [-0.05, 0) is 53.7 Å². The van der Waals surface area contributed by atoms with E-state index in [1.54, 1.807) is 24.3 Å². The molecule has 108 valence electrons. The number of phenols is 1. The third-order valence-corrected chi connectivity index (χ3v) is 0.756. The monoisotopic (exact) mass is 268 g/mol. The lowest BCUT2D eigenvalue weighted by Gasteiger charge is -1.82. The number of hydrogen-bond acceptors (Lipinski definition) is 4. The highest BCUT2D eigenvalue weighted by atomic mass is 16.3. The molecule has 0 spiro atoms. The zero-order chi connectivity index (χ0) is 15.8. The number of carbonyl (C=O) groups excluding carboxylic acids is 3. The maximum atomic E-state index is 9.44.